The number of pyridine rings is 1. The molecule has 0 saturated carbocycles. The molecule has 128 valence electrons. The van der Waals surface area contributed by atoms with E-state index in [-0.39, 0.29) is 18.3 Å². The van der Waals surface area contributed by atoms with Gasteiger partial charge in [0, 0.05) is 17.3 Å². The molecule has 5 heteroatoms. The van der Waals surface area contributed by atoms with Gasteiger partial charge >= 0.3 is 0 Å². The van der Waals surface area contributed by atoms with Gasteiger partial charge in [0.25, 0.3) is 0 Å². The predicted octanol–water partition coefficient (Wildman–Crippen LogP) is 4.20. The van der Waals surface area contributed by atoms with Crippen LogP contribution in [0.5, 0.6) is 0 Å². The van der Waals surface area contributed by atoms with Gasteiger partial charge in [-0.2, -0.15) is 5.10 Å². The number of halogens is 1. The third-order valence-electron chi connectivity index (χ3n) is 3.87. The maximum absolute atomic E-state index is 13.4. The van der Waals surface area contributed by atoms with Crippen molar-refractivity contribution in [2.24, 2.45) is 0 Å². The highest BCUT2D eigenvalue weighted by Crippen LogP contribution is 2.33. The minimum atomic E-state index is -0.288. The zero-order valence-electron chi connectivity index (χ0n) is 14.2. The minimum Gasteiger partial charge on any atom is -0.392 e. The van der Waals surface area contributed by atoms with Gasteiger partial charge in [0.1, 0.15) is 5.82 Å². The van der Waals surface area contributed by atoms with Crippen LogP contribution in [0.15, 0.2) is 54.7 Å². The van der Waals surface area contributed by atoms with Gasteiger partial charge in [-0.05, 0) is 42.3 Å². The number of benzene rings is 1. The molecule has 0 radical (unpaired) electrons. The van der Waals surface area contributed by atoms with Gasteiger partial charge < -0.3 is 5.11 Å². The number of rotatable bonds is 5. The summed E-state index contributed by atoms with van der Waals surface area (Å²) in [5, 5.41) is 14.0. The zero-order valence-corrected chi connectivity index (χ0v) is 14.2. The molecule has 4 nitrogen and oxygen atoms in total. The van der Waals surface area contributed by atoms with E-state index in [0.717, 1.165) is 22.5 Å². The van der Waals surface area contributed by atoms with Crippen LogP contribution in [0.1, 0.15) is 31.0 Å². The number of nitrogens with zero attached hydrogens (tertiary/aromatic N) is 3. The Bertz CT molecular complexity index is 868. The van der Waals surface area contributed by atoms with E-state index in [9.17, 15) is 9.50 Å². The SMILES string of the molecule is CC(C)c1nn(-c2ccccn2)c(-c2ccc(F)cc2)c1/C=C/CO. The van der Waals surface area contributed by atoms with Gasteiger partial charge in [-0.1, -0.05) is 32.1 Å². The maximum atomic E-state index is 13.4. The molecular weight excluding hydrogens is 317 g/mol. The average molecular weight is 337 g/mol. The third-order valence-corrected chi connectivity index (χ3v) is 3.87. The van der Waals surface area contributed by atoms with Crippen LogP contribution in [0.25, 0.3) is 23.2 Å². The van der Waals surface area contributed by atoms with E-state index in [2.05, 4.69) is 18.8 Å². The van der Waals surface area contributed by atoms with E-state index < -0.39 is 0 Å². The Morgan fingerprint density at radius 3 is 2.52 bits per heavy atom. The van der Waals surface area contributed by atoms with Crippen LogP contribution >= 0.6 is 0 Å². The molecule has 0 unspecified atom stereocenters. The summed E-state index contributed by atoms with van der Waals surface area (Å²) < 4.78 is 15.2. The molecule has 3 aromatic rings. The lowest BCUT2D eigenvalue weighted by molar-refractivity contribution is 0.343. The van der Waals surface area contributed by atoms with Gasteiger partial charge in [0.05, 0.1) is 18.0 Å². The fraction of sp³-hybridized carbons (Fsp3) is 0.200. The molecule has 0 spiro atoms. The Balaban J connectivity index is 2.30. The van der Waals surface area contributed by atoms with Crippen molar-refractivity contribution < 1.29 is 9.50 Å². The standard InChI is InChI=1S/C20H20FN3O/c1-14(2)19-17(6-5-13-25)20(15-8-10-16(21)11-9-15)24(23-19)18-7-3-4-12-22-18/h3-12,14,25H,13H2,1-2H3/b6-5+. The van der Waals surface area contributed by atoms with E-state index in [1.54, 1.807) is 29.1 Å². The van der Waals surface area contributed by atoms with Crippen molar-refractivity contribution in [2.45, 2.75) is 19.8 Å². The van der Waals surface area contributed by atoms with Crippen LogP contribution < -0.4 is 0 Å². The van der Waals surface area contributed by atoms with E-state index in [0.29, 0.717) is 5.82 Å². The summed E-state index contributed by atoms with van der Waals surface area (Å²) in [6, 6.07) is 11.9. The molecule has 0 aliphatic heterocycles. The van der Waals surface area contributed by atoms with Crippen molar-refractivity contribution in [3.05, 3.63) is 71.8 Å². The third kappa shape index (κ3) is 3.51. The van der Waals surface area contributed by atoms with Crippen LogP contribution in [-0.2, 0) is 0 Å². The lowest BCUT2D eigenvalue weighted by Crippen LogP contribution is -2.02. The summed E-state index contributed by atoms with van der Waals surface area (Å²) in [4.78, 5) is 4.40. The Morgan fingerprint density at radius 2 is 1.92 bits per heavy atom. The second-order valence-electron chi connectivity index (χ2n) is 5.99. The fourth-order valence-corrected chi connectivity index (χ4v) is 2.74. The first-order valence-electron chi connectivity index (χ1n) is 8.19. The van der Waals surface area contributed by atoms with E-state index in [4.69, 9.17) is 5.10 Å². The molecule has 0 saturated heterocycles. The average Bonchev–Trinajstić information content (AvgIpc) is 3.01. The first-order valence-corrected chi connectivity index (χ1v) is 8.19. The number of hydrogen-bond acceptors (Lipinski definition) is 3. The summed E-state index contributed by atoms with van der Waals surface area (Å²) >= 11 is 0. The molecule has 1 aromatic carbocycles. The van der Waals surface area contributed by atoms with Gasteiger partial charge in [-0.15, -0.1) is 0 Å². The van der Waals surface area contributed by atoms with Gasteiger partial charge in [-0.25, -0.2) is 14.1 Å². The molecule has 2 heterocycles. The Hall–Kier alpha value is -2.79. The van der Waals surface area contributed by atoms with Crippen LogP contribution in [-0.4, -0.2) is 26.5 Å². The second-order valence-corrected chi connectivity index (χ2v) is 5.99. The number of aliphatic hydroxyl groups is 1. The Kier molecular flexibility index (Phi) is 5.05. The Labute approximate surface area is 146 Å². The largest absolute Gasteiger partial charge is 0.392 e. The van der Waals surface area contributed by atoms with Crippen LogP contribution in [0, 0.1) is 5.82 Å². The molecule has 0 atom stereocenters. The molecule has 2 aromatic heterocycles. The molecule has 25 heavy (non-hydrogen) atoms. The van der Waals surface area contributed by atoms with Crippen molar-refractivity contribution in [1.82, 2.24) is 14.8 Å². The van der Waals surface area contributed by atoms with Crippen molar-refractivity contribution in [2.75, 3.05) is 6.61 Å². The van der Waals surface area contributed by atoms with Crippen LogP contribution in [0.2, 0.25) is 0 Å². The zero-order chi connectivity index (χ0) is 17.8. The number of aliphatic hydroxyl groups excluding tert-OH is 1. The van der Waals surface area contributed by atoms with E-state index >= 15 is 0 Å². The molecule has 1 N–H and O–H groups in total. The fourth-order valence-electron chi connectivity index (χ4n) is 2.74. The first kappa shape index (κ1) is 17.0. The van der Waals surface area contributed by atoms with Gasteiger partial charge in [0.15, 0.2) is 5.82 Å². The number of hydrogen-bond donors (Lipinski definition) is 1. The molecule has 0 aliphatic rings. The maximum Gasteiger partial charge on any atom is 0.154 e. The Morgan fingerprint density at radius 1 is 1.16 bits per heavy atom. The van der Waals surface area contributed by atoms with Crippen LogP contribution in [0.3, 0.4) is 0 Å². The van der Waals surface area contributed by atoms with Crippen molar-refractivity contribution in [3.8, 4) is 17.1 Å². The normalized spacial score (nSPS) is 11.6. The summed E-state index contributed by atoms with van der Waals surface area (Å²) in [7, 11) is 0. The predicted molar refractivity (Wildman–Crippen MR) is 97.0 cm³/mol. The lowest BCUT2D eigenvalue weighted by Gasteiger charge is -2.08. The highest BCUT2D eigenvalue weighted by atomic mass is 19.1. The van der Waals surface area contributed by atoms with E-state index in [1.807, 2.05) is 24.3 Å². The summed E-state index contributed by atoms with van der Waals surface area (Å²) in [6.45, 7) is 4.07. The minimum absolute atomic E-state index is 0.0604. The van der Waals surface area contributed by atoms with Gasteiger partial charge in [-0.3, -0.25) is 0 Å². The lowest BCUT2D eigenvalue weighted by atomic mass is 10.00. The smallest absolute Gasteiger partial charge is 0.154 e. The topological polar surface area (TPSA) is 50.9 Å². The first-order chi connectivity index (χ1) is 12.1. The molecule has 0 fully saturated rings. The molecule has 0 bridgehead atoms. The molecule has 0 amide bonds. The summed E-state index contributed by atoms with van der Waals surface area (Å²) in [5.41, 5.74) is 3.46. The van der Waals surface area contributed by atoms with Crippen molar-refractivity contribution in [3.63, 3.8) is 0 Å². The highest BCUT2D eigenvalue weighted by Gasteiger charge is 2.21. The monoisotopic (exact) mass is 337 g/mol. The van der Waals surface area contributed by atoms with Gasteiger partial charge in [0.2, 0.25) is 0 Å². The van der Waals surface area contributed by atoms with Crippen molar-refractivity contribution >= 4 is 6.08 Å². The highest BCUT2D eigenvalue weighted by molar-refractivity contribution is 5.75. The van der Waals surface area contributed by atoms with Crippen molar-refractivity contribution in [1.29, 1.82) is 0 Å². The molecular formula is C20H20FN3O. The summed E-state index contributed by atoms with van der Waals surface area (Å²) in [6.07, 6.45) is 5.25. The molecule has 3 rings (SSSR count). The second kappa shape index (κ2) is 7.40. The summed E-state index contributed by atoms with van der Waals surface area (Å²) in [5.74, 6) is 0.582. The quantitative estimate of drug-likeness (QED) is 0.759. The molecule has 0 aliphatic carbocycles. The van der Waals surface area contributed by atoms with Crippen LogP contribution in [0.4, 0.5) is 4.39 Å². The number of aromatic nitrogens is 3. The van der Waals surface area contributed by atoms with E-state index in [1.165, 1.54) is 12.1 Å².